The Morgan fingerprint density at radius 1 is 1.00 bits per heavy atom. The van der Waals surface area contributed by atoms with Gasteiger partial charge in [0.15, 0.2) is 6.10 Å². The molecule has 6 heteroatoms. The summed E-state index contributed by atoms with van der Waals surface area (Å²) in [4.78, 5) is 21.3. The van der Waals surface area contributed by atoms with Crippen molar-refractivity contribution < 1.29 is 13.9 Å². The van der Waals surface area contributed by atoms with E-state index in [-0.39, 0.29) is 11.7 Å². The van der Waals surface area contributed by atoms with Gasteiger partial charge in [-0.05, 0) is 61.0 Å². The first kappa shape index (κ1) is 19.5. The summed E-state index contributed by atoms with van der Waals surface area (Å²) in [6, 6.07) is 21.1. The van der Waals surface area contributed by atoms with Crippen molar-refractivity contribution in [2.75, 3.05) is 0 Å². The maximum absolute atomic E-state index is 12.9. The fourth-order valence-corrected chi connectivity index (χ4v) is 2.99. The highest BCUT2D eigenvalue weighted by molar-refractivity contribution is 5.80. The Bertz CT molecular complexity index is 1160. The van der Waals surface area contributed by atoms with E-state index < -0.39 is 6.10 Å². The number of benzene rings is 3. The SMILES string of the molecule is C[C@@H](Oc1ccc(-c2cnc3ccccc3n2)cc1)C(=O)NCc1ccc(F)cc1. The quantitative estimate of drug-likeness (QED) is 0.516. The van der Waals surface area contributed by atoms with Crippen LogP contribution < -0.4 is 10.1 Å². The molecule has 0 radical (unpaired) electrons. The van der Waals surface area contributed by atoms with Gasteiger partial charge in [-0.1, -0.05) is 24.3 Å². The zero-order valence-electron chi connectivity index (χ0n) is 16.4. The van der Waals surface area contributed by atoms with E-state index in [2.05, 4.69) is 15.3 Å². The third-order valence-corrected chi connectivity index (χ3v) is 4.66. The molecule has 0 saturated heterocycles. The average Bonchev–Trinajstić information content (AvgIpc) is 2.78. The second kappa shape index (κ2) is 8.69. The number of aromatic nitrogens is 2. The van der Waals surface area contributed by atoms with Crippen molar-refractivity contribution in [2.24, 2.45) is 0 Å². The maximum atomic E-state index is 12.9. The monoisotopic (exact) mass is 401 g/mol. The number of rotatable bonds is 6. The van der Waals surface area contributed by atoms with E-state index in [1.54, 1.807) is 37.4 Å². The van der Waals surface area contributed by atoms with Gasteiger partial charge in [-0.25, -0.2) is 9.37 Å². The van der Waals surface area contributed by atoms with E-state index >= 15 is 0 Å². The Morgan fingerprint density at radius 3 is 2.43 bits per heavy atom. The normalized spacial score (nSPS) is 11.8. The van der Waals surface area contributed by atoms with E-state index in [1.807, 2.05) is 36.4 Å². The first-order chi connectivity index (χ1) is 14.6. The van der Waals surface area contributed by atoms with Gasteiger partial charge in [-0.2, -0.15) is 0 Å². The lowest BCUT2D eigenvalue weighted by molar-refractivity contribution is -0.127. The fourth-order valence-electron chi connectivity index (χ4n) is 2.99. The summed E-state index contributed by atoms with van der Waals surface area (Å²) in [6.45, 7) is 2.00. The second-order valence-electron chi connectivity index (χ2n) is 6.87. The topological polar surface area (TPSA) is 64.1 Å². The van der Waals surface area contributed by atoms with Crippen molar-refractivity contribution in [3.05, 3.63) is 90.4 Å². The highest BCUT2D eigenvalue weighted by atomic mass is 19.1. The van der Waals surface area contributed by atoms with Crippen molar-refractivity contribution in [1.29, 1.82) is 0 Å². The number of halogens is 1. The number of hydrogen-bond donors (Lipinski definition) is 1. The number of carbonyl (C=O) groups is 1. The van der Waals surface area contributed by atoms with Crippen molar-refractivity contribution in [3.8, 4) is 17.0 Å². The van der Waals surface area contributed by atoms with Crippen LogP contribution in [-0.4, -0.2) is 22.0 Å². The Balaban J connectivity index is 1.37. The molecule has 0 aliphatic carbocycles. The number of amides is 1. The van der Waals surface area contributed by atoms with Crippen molar-refractivity contribution in [1.82, 2.24) is 15.3 Å². The van der Waals surface area contributed by atoms with Crippen LogP contribution in [0.15, 0.2) is 79.0 Å². The highest BCUT2D eigenvalue weighted by Gasteiger charge is 2.14. The van der Waals surface area contributed by atoms with Crippen LogP contribution in [0.4, 0.5) is 4.39 Å². The predicted octanol–water partition coefficient (Wildman–Crippen LogP) is 4.52. The zero-order valence-corrected chi connectivity index (χ0v) is 16.4. The maximum Gasteiger partial charge on any atom is 0.261 e. The van der Waals surface area contributed by atoms with Crippen LogP contribution in [0.1, 0.15) is 12.5 Å². The number of nitrogens with zero attached hydrogens (tertiary/aromatic N) is 2. The van der Waals surface area contributed by atoms with Crippen LogP contribution in [0.3, 0.4) is 0 Å². The first-order valence-electron chi connectivity index (χ1n) is 9.59. The van der Waals surface area contributed by atoms with Crippen LogP contribution >= 0.6 is 0 Å². The zero-order chi connectivity index (χ0) is 20.9. The van der Waals surface area contributed by atoms with Gasteiger partial charge in [0.05, 0.1) is 22.9 Å². The molecule has 0 saturated carbocycles. The summed E-state index contributed by atoms with van der Waals surface area (Å²) in [6.07, 6.45) is 1.07. The number of para-hydroxylation sites is 2. The van der Waals surface area contributed by atoms with E-state index in [1.165, 1.54) is 12.1 Å². The molecule has 1 heterocycles. The molecule has 150 valence electrons. The fraction of sp³-hybridized carbons (Fsp3) is 0.125. The standard InChI is InChI=1S/C24H20FN3O2/c1-16(24(29)27-14-17-6-10-19(25)11-7-17)30-20-12-8-18(9-13-20)23-15-26-21-4-2-3-5-22(21)28-23/h2-13,15-16H,14H2,1H3,(H,27,29)/t16-/m1/s1. The molecule has 1 N–H and O–H groups in total. The van der Waals surface area contributed by atoms with E-state index in [4.69, 9.17) is 4.74 Å². The van der Waals surface area contributed by atoms with Crippen molar-refractivity contribution in [2.45, 2.75) is 19.6 Å². The first-order valence-corrected chi connectivity index (χ1v) is 9.59. The number of ether oxygens (including phenoxy) is 1. The van der Waals surface area contributed by atoms with Crippen LogP contribution in [0, 0.1) is 5.82 Å². The molecule has 1 atom stereocenters. The molecule has 30 heavy (non-hydrogen) atoms. The molecule has 3 aromatic carbocycles. The average molecular weight is 401 g/mol. The summed E-state index contributed by atoms with van der Waals surface area (Å²) in [5, 5.41) is 2.79. The lowest BCUT2D eigenvalue weighted by Crippen LogP contribution is -2.35. The second-order valence-corrected chi connectivity index (χ2v) is 6.87. The van der Waals surface area contributed by atoms with E-state index in [9.17, 15) is 9.18 Å². The van der Waals surface area contributed by atoms with Gasteiger partial charge < -0.3 is 10.1 Å². The number of nitrogens with one attached hydrogen (secondary N) is 1. The van der Waals surface area contributed by atoms with Gasteiger partial charge in [0.2, 0.25) is 0 Å². The molecular weight excluding hydrogens is 381 g/mol. The molecule has 4 aromatic rings. The minimum Gasteiger partial charge on any atom is -0.481 e. The third-order valence-electron chi connectivity index (χ3n) is 4.66. The molecule has 5 nitrogen and oxygen atoms in total. The van der Waals surface area contributed by atoms with Crippen LogP contribution in [0.5, 0.6) is 5.75 Å². The van der Waals surface area contributed by atoms with Crippen molar-refractivity contribution >= 4 is 16.9 Å². The van der Waals surface area contributed by atoms with Gasteiger partial charge in [-0.3, -0.25) is 9.78 Å². The number of hydrogen-bond acceptors (Lipinski definition) is 4. The summed E-state index contributed by atoms with van der Waals surface area (Å²) in [5.41, 5.74) is 4.18. The molecule has 0 fully saturated rings. The molecule has 1 amide bonds. The third kappa shape index (κ3) is 4.60. The Labute approximate surface area is 173 Å². The summed E-state index contributed by atoms with van der Waals surface area (Å²) in [5.74, 6) is 0.0284. The minimum absolute atomic E-state index is 0.246. The molecule has 0 aliphatic heterocycles. The van der Waals surface area contributed by atoms with Gasteiger partial charge in [-0.15, -0.1) is 0 Å². The van der Waals surface area contributed by atoms with E-state index in [0.29, 0.717) is 12.3 Å². The molecule has 0 aliphatic rings. The smallest absolute Gasteiger partial charge is 0.261 e. The molecule has 0 bridgehead atoms. The number of fused-ring (bicyclic) bond motifs is 1. The molecule has 1 aromatic heterocycles. The summed E-state index contributed by atoms with van der Waals surface area (Å²) < 4.78 is 18.7. The molecule has 0 unspecified atom stereocenters. The Morgan fingerprint density at radius 2 is 1.70 bits per heavy atom. The number of carbonyl (C=O) groups excluding carboxylic acids is 1. The summed E-state index contributed by atoms with van der Waals surface area (Å²) in [7, 11) is 0. The molecular formula is C24H20FN3O2. The molecule has 4 rings (SSSR count). The van der Waals surface area contributed by atoms with Crippen molar-refractivity contribution in [3.63, 3.8) is 0 Å². The summed E-state index contributed by atoms with van der Waals surface area (Å²) >= 11 is 0. The minimum atomic E-state index is -0.670. The molecule has 0 spiro atoms. The van der Waals surface area contributed by atoms with Gasteiger partial charge in [0.25, 0.3) is 5.91 Å². The van der Waals surface area contributed by atoms with Gasteiger partial charge in [0.1, 0.15) is 11.6 Å². The van der Waals surface area contributed by atoms with Crippen LogP contribution in [-0.2, 0) is 11.3 Å². The lowest BCUT2D eigenvalue weighted by atomic mass is 10.1. The Hall–Kier alpha value is -3.80. The van der Waals surface area contributed by atoms with E-state index in [0.717, 1.165) is 27.9 Å². The lowest BCUT2D eigenvalue weighted by Gasteiger charge is -2.15. The highest BCUT2D eigenvalue weighted by Crippen LogP contribution is 2.22. The van der Waals surface area contributed by atoms with Gasteiger partial charge in [0, 0.05) is 12.1 Å². The Kier molecular flexibility index (Phi) is 5.66. The van der Waals surface area contributed by atoms with Gasteiger partial charge >= 0.3 is 0 Å². The predicted molar refractivity (Wildman–Crippen MR) is 113 cm³/mol. The van der Waals surface area contributed by atoms with Crippen LogP contribution in [0.25, 0.3) is 22.3 Å². The van der Waals surface area contributed by atoms with Crippen LogP contribution in [0.2, 0.25) is 0 Å². The largest absolute Gasteiger partial charge is 0.481 e.